The molecule has 31 heavy (non-hydrogen) atoms. The van der Waals surface area contributed by atoms with Crippen molar-refractivity contribution < 1.29 is 14.0 Å². The Morgan fingerprint density at radius 3 is 2.42 bits per heavy atom. The lowest BCUT2D eigenvalue weighted by Gasteiger charge is -2.19. The molecule has 0 fully saturated rings. The van der Waals surface area contributed by atoms with E-state index >= 15 is 0 Å². The van der Waals surface area contributed by atoms with E-state index in [1.165, 1.54) is 17.9 Å². The number of benzene rings is 2. The number of hydrogen-bond acceptors (Lipinski definition) is 4. The van der Waals surface area contributed by atoms with Crippen molar-refractivity contribution >= 4 is 12.3 Å². The summed E-state index contributed by atoms with van der Waals surface area (Å²) < 4.78 is 21.7. The number of aryl methyl sites for hydroxylation is 2. The number of rotatable bonds is 7. The molecule has 0 saturated heterocycles. The highest BCUT2D eigenvalue weighted by molar-refractivity contribution is 5.84. The van der Waals surface area contributed by atoms with E-state index in [1.807, 2.05) is 49.4 Å². The van der Waals surface area contributed by atoms with E-state index < -0.39 is 5.83 Å². The fourth-order valence-electron chi connectivity index (χ4n) is 3.02. The zero-order valence-electron chi connectivity index (χ0n) is 18.6. The molecule has 3 aromatic rings. The summed E-state index contributed by atoms with van der Waals surface area (Å²) in [6, 6.07) is 17.2. The van der Waals surface area contributed by atoms with Crippen molar-refractivity contribution in [2.24, 2.45) is 12.2 Å². The molecule has 1 heterocycles. The molecule has 3 rings (SSSR count). The average Bonchev–Trinajstić information content (AvgIpc) is 2.98. The van der Waals surface area contributed by atoms with E-state index in [2.05, 4.69) is 43.2 Å². The fourth-order valence-corrected chi connectivity index (χ4v) is 3.02. The van der Waals surface area contributed by atoms with E-state index in [-0.39, 0.29) is 12.0 Å². The van der Waals surface area contributed by atoms with Gasteiger partial charge in [0.1, 0.15) is 11.6 Å². The van der Waals surface area contributed by atoms with E-state index in [9.17, 15) is 4.39 Å². The summed E-state index contributed by atoms with van der Waals surface area (Å²) in [5.74, 6) is 0.818. The van der Waals surface area contributed by atoms with Crippen LogP contribution in [0.3, 0.4) is 0 Å². The van der Waals surface area contributed by atoms with E-state index in [1.54, 1.807) is 11.7 Å². The maximum Gasteiger partial charge on any atom is 0.226 e. The monoisotopic (exact) mass is 421 g/mol. The van der Waals surface area contributed by atoms with Gasteiger partial charge in [-0.25, -0.2) is 9.07 Å². The summed E-state index contributed by atoms with van der Waals surface area (Å²) in [6.07, 6.45) is 2.91. The quantitative estimate of drug-likeness (QED) is 0.338. The van der Waals surface area contributed by atoms with Gasteiger partial charge in [0, 0.05) is 7.05 Å². The second-order valence-electron chi connectivity index (χ2n) is 8.31. The molecule has 162 valence electrons. The van der Waals surface area contributed by atoms with Gasteiger partial charge in [0.25, 0.3) is 0 Å². The molecule has 2 aromatic carbocycles. The molecule has 0 atom stereocenters. The Balaban J connectivity index is 1.68. The van der Waals surface area contributed by atoms with Crippen LogP contribution < -0.4 is 4.74 Å². The van der Waals surface area contributed by atoms with Gasteiger partial charge in [-0.15, -0.1) is 0 Å². The van der Waals surface area contributed by atoms with Crippen LogP contribution in [0.15, 0.2) is 65.6 Å². The van der Waals surface area contributed by atoms with Crippen LogP contribution in [0.25, 0.3) is 6.08 Å². The van der Waals surface area contributed by atoms with Crippen LogP contribution in [-0.4, -0.2) is 22.6 Å². The third kappa shape index (κ3) is 6.04. The molecule has 0 aliphatic rings. The summed E-state index contributed by atoms with van der Waals surface area (Å²) >= 11 is 0. The van der Waals surface area contributed by atoms with Gasteiger partial charge >= 0.3 is 0 Å². The third-order valence-electron chi connectivity index (χ3n) is 4.73. The lowest BCUT2D eigenvalue weighted by atomic mass is 9.87. The molecule has 0 spiro atoms. The first-order valence-electron chi connectivity index (χ1n) is 10.1. The van der Waals surface area contributed by atoms with Crippen molar-refractivity contribution in [3.05, 3.63) is 82.8 Å². The minimum Gasteiger partial charge on any atom is -0.439 e. The van der Waals surface area contributed by atoms with Gasteiger partial charge < -0.3 is 9.57 Å². The molecule has 0 aliphatic heterocycles. The van der Waals surface area contributed by atoms with E-state index in [0.717, 1.165) is 11.3 Å². The Morgan fingerprint density at radius 2 is 1.77 bits per heavy atom. The second-order valence-corrected chi connectivity index (χ2v) is 8.31. The lowest BCUT2D eigenvalue weighted by molar-refractivity contribution is 0.155. The predicted octanol–water partition coefficient (Wildman–Crippen LogP) is 6.18. The van der Waals surface area contributed by atoms with E-state index in [4.69, 9.17) is 9.57 Å². The van der Waals surface area contributed by atoms with Crippen LogP contribution >= 0.6 is 0 Å². The molecule has 0 radical (unpaired) electrons. The number of ether oxygens (including phenoxy) is 1. The predicted molar refractivity (Wildman–Crippen MR) is 122 cm³/mol. The molecule has 0 saturated carbocycles. The first-order chi connectivity index (χ1) is 14.7. The molecule has 0 bridgehead atoms. The van der Waals surface area contributed by atoms with Gasteiger partial charge in [-0.2, -0.15) is 5.10 Å². The number of aromatic nitrogens is 2. The Labute approximate surface area is 182 Å². The molecule has 0 aliphatic carbocycles. The SMILES string of the molecule is Cc1nn(C)c(Oc2ccc(C(C)(C)C)cc2)c1C=NOCC(F)=Cc1ccccc1. The smallest absolute Gasteiger partial charge is 0.226 e. The highest BCUT2D eigenvalue weighted by atomic mass is 19.1. The largest absolute Gasteiger partial charge is 0.439 e. The van der Waals surface area contributed by atoms with Crippen LogP contribution in [0.4, 0.5) is 4.39 Å². The minimum absolute atomic E-state index is 0.0705. The Hall–Kier alpha value is -3.41. The van der Waals surface area contributed by atoms with Gasteiger partial charge in [0.05, 0.1) is 17.5 Å². The molecule has 1 aromatic heterocycles. The zero-order valence-corrected chi connectivity index (χ0v) is 18.6. The number of oxime groups is 1. The normalized spacial score (nSPS) is 12.4. The second kappa shape index (κ2) is 9.60. The van der Waals surface area contributed by atoms with Crippen molar-refractivity contribution in [2.75, 3.05) is 6.61 Å². The summed E-state index contributed by atoms with van der Waals surface area (Å²) in [7, 11) is 1.80. The molecular formula is C25H28FN3O2. The summed E-state index contributed by atoms with van der Waals surface area (Å²) in [5, 5.41) is 8.30. The van der Waals surface area contributed by atoms with Gasteiger partial charge in [-0.05, 0) is 41.7 Å². The number of nitrogens with zero attached hydrogens (tertiary/aromatic N) is 3. The minimum atomic E-state index is -0.415. The number of halogens is 1. The molecule has 0 unspecified atom stereocenters. The van der Waals surface area contributed by atoms with Crippen molar-refractivity contribution in [2.45, 2.75) is 33.1 Å². The maximum atomic E-state index is 14.0. The van der Waals surface area contributed by atoms with Crippen LogP contribution in [0.1, 0.15) is 43.2 Å². The Morgan fingerprint density at radius 1 is 1.10 bits per heavy atom. The summed E-state index contributed by atoms with van der Waals surface area (Å²) in [5.41, 5.74) is 3.47. The van der Waals surface area contributed by atoms with Crippen LogP contribution in [0, 0.1) is 6.92 Å². The third-order valence-corrected chi connectivity index (χ3v) is 4.73. The number of hydrogen-bond donors (Lipinski definition) is 0. The van der Waals surface area contributed by atoms with Gasteiger partial charge in [0.15, 0.2) is 6.61 Å². The standard InChI is InChI=1S/C25H28FN3O2/c1-18-23(16-27-30-17-21(26)15-19-9-7-6-8-10-19)24(29(5)28-18)31-22-13-11-20(12-14-22)25(2,3)4/h6-16H,17H2,1-5H3. The van der Waals surface area contributed by atoms with Crippen LogP contribution in [0.5, 0.6) is 11.6 Å². The summed E-state index contributed by atoms with van der Waals surface area (Å²) in [6.45, 7) is 8.10. The molecule has 6 heteroatoms. The Bertz CT molecular complexity index is 1060. The fraction of sp³-hybridized carbons (Fsp3) is 0.280. The first kappa shape index (κ1) is 22.3. The topological polar surface area (TPSA) is 48.6 Å². The molecule has 5 nitrogen and oxygen atoms in total. The average molecular weight is 422 g/mol. The van der Waals surface area contributed by atoms with Crippen LogP contribution in [-0.2, 0) is 17.3 Å². The highest BCUT2D eigenvalue weighted by Crippen LogP contribution is 2.29. The van der Waals surface area contributed by atoms with Crippen molar-refractivity contribution in [3.63, 3.8) is 0 Å². The van der Waals surface area contributed by atoms with Crippen molar-refractivity contribution in [1.82, 2.24) is 9.78 Å². The van der Waals surface area contributed by atoms with Crippen molar-refractivity contribution in [3.8, 4) is 11.6 Å². The highest BCUT2D eigenvalue weighted by Gasteiger charge is 2.16. The van der Waals surface area contributed by atoms with Crippen molar-refractivity contribution in [1.29, 1.82) is 0 Å². The van der Waals surface area contributed by atoms with Gasteiger partial charge in [0.2, 0.25) is 5.88 Å². The van der Waals surface area contributed by atoms with Crippen LogP contribution in [0.2, 0.25) is 0 Å². The molecule has 0 N–H and O–H groups in total. The van der Waals surface area contributed by atoms with Gasteiger partial charge in [-0.3, -0.25) is 0 Å². The maximum absolute atomic E-state index is 14.0. The van der Waals surface area contributed by atoms with E-state index in [0.29, 0.717) is 17.2 Å². The first-order valence-corrected chi connectivity index (χ1v) is 10.1. The molecular weight excluding hydrogens is 393 g/mol. The zero-order chi connectivity index (χ0) is 22.4. The van der Waals surface area contributed by atoms with Gasteiger partial charge in [-0.1, -0.05) is 68.4 Å². The molecule has 0 amide bonds. The summed E-state index contributed by atoms with van der Waals surface area (Å²) in [4.78, 5) is 5.13. The lowest BCUT2D eigenvalue weighted by Crippen LogP contribution is -2.10. The Kier molecular flexibility index (Phi) is 6.90.